The third-order valence-corrected chi connectivity index (χ3v) is 5.59. The molecule has 2 rings (SSSR count). The van der Waals surface area contributed by atoms with Crippen molar-refractivity contribution in [3.05, 3.63) is 57.8 Å². The maximum absolute atomic E-state index is 10.1. The first-order chi connectivity index (χ1) is 13.6. The van der Waals surface area contributed by atoms with Gasteiger partial charge in [-0.25, -0.2) is 0 Å². The molecule has 1 heterocycles. The van der Waals surface area contributed by atoms with Crippen LogP contribution in [0.4, 0.5) is 0 Å². The molecule has 28 heavy (non-hydrogen) atoms. The van der Waals surface area contributed by atoms with E-state index in [4.69, 9.17) is 21.4 Å². The van der Waals surface area contributed by atoms with Crippen LogP contribution in [0.15, 0.2) is 41.6 Å². The first kappa shape index (κ1) is 23.0. The largest absolute Gasteiger partial charge is 0.394 e. The molecule has 2 unspecified atom stereocenters. The standard InChI is InChI=1S/C23H34ClNO3/c1-3-20-14-17(10-11-25-20)6-5-7-18-15-19(8-9-22(18)24)23(28-13-12-26)16-21(27)4-2/h3,6,8-9,15,21,23,25-27H,4-5,7,10-14,16H2,1-2H3/b17-6-,20-3+. The second-order valence-electron chi connectivity index (χ2n) is 7.30. The lowest BCUT2D eigenvalue weighted by atomic mass is 9.97. The number of hydrogen-bond donors (Lipinski definition) is 3. The maximum Gasteiger partial charge on any atom is 0.0850 e. The third-order valence-electron chi connectivity index (χ3n) is 5.22. The number of ether oxygens (including phenoxy) is 1. The molecule has 0 amide bonds. The van der Waals surface area contributed by atoms with Crippen molar-refractivity contribution < 1.29 is 14.9 Å². The Morgan fingerprint density at radius 3 is 2.89 bits per heavy atom. The SMILES string of the molecule is C/C=C1\C/C(=C\CCc2cc(C(CC(O)CC)OCCO)ccc2Cl)CCN1. The Kier molecular flexibility index (Phi) is 10.1. The van der Waals surface area contributed by atoms with Crippen LogP contribution >= 0.6 is 11.6 Å². The summed E-state index contributed by atoms with van der Waals surface area (Å²) >= 11 is 6.44. The van der Waals surface area contributed by atoms with Crippen LogP contribution in [0.3, 0.4) is 0 Å². The molecule has 5 heteroatoms. The third kappa shape index (κ3) is 7.25. The summed E-state index contributed by atoms with van der Waals surface area (Å²) in [7, 11) is 0. The van der Waals surface area contributed by atoms with E-state index in [0.29, 0.717) is 12.8 Å². The van der Waals surface area contributed by atoms with Crippen LogP contribution in [0.25, 0.3) is 0 Å². The first-order valence-corrected chi connectivity index (χ1v) is 10.7. The molecule has 156 valence electrons. The van der Waals surface area contributed by atoms with Gasteiger partial charge in [-0.2, -0.15) is 0 Å². The summed E-state index contributed by atoms with van der Waals surface area (Å²) in [6.45, 7) is 5.25. The Balaban J connectivity index is 2.06. The lowest BCUT2D eigenvalue weighted by Crippen LogP contribution is -2.21. The van der Waals surface area contributed by atoms with Gasteiger partial charge in [0.25, 0.3) is 0 Å². The van der Waals surface area contributed by atoms with Crippen molar-refractivity contribution in [3.63, 3.8) is 0 Å². The minimum absolute atomic E-state index is 0.0320. The molecule has 4 nitrogen and oxygen atoms in total. The van der Waals surface area contributed by atoms with Crippen LogP contribution < -0.4 is 5.32 Å². The zero-order valence-electron chi connectivity index (χ0n) is 17.1. The van der Waals surface area contributed by atoms with Gasteiger partial charge in [0, 0.05) is 30.1 Å². The molecule has 1 aromatic rings. The number of halogens is 1. The van der Waals surface area contributed by atoms with Crippen molar-refractivity contribution in [2.24, 2.45) is 0 Å². The van der Waals surface area contributed by atoms with E-state index in [-0.39, 0.29) is 19.3 Å². The average Bonchev–Trinajstić information content (AvgIpc) is 2.72. The predicted molar refractivity (Wildman–Crippen MR) is 116 cm³/mol. The van der Waals surface area contributed by atoms with Gasteiger partial charge in [0.05, 0.1) is 25.4 Å². The van der Waals surface area contributed by atoms with Crippen LogP contribution in [0.2, 0.25) is 5.02 Å². The van der Waals surface area contributed by atoms with E-state index < -0.39 is 6.10 Å². The summed E-state index contributed by atoms with van der Waals surface area (Å²) in [5.74, 6) is 0. The van der Waals surface area contributed by atoms with Gasteiger partial charge in [0.2, 0.25) is 0 Å². The molecule has 0 aromatic heterocycles. The van der Waals surface area contributed by atoms with Crippen molar-refractivity contribution in [3.8, 4) is 0 Å². The maximum atomic E-state index is 10.1. The lowest BCUT2D eigenvalue weighted by molar-refractivity contribution is -0.00397. The predicted octanol–water partition coefficient (Wildman–Crippen LogP) is 4.70. The zero-order chi connectivity index (χ0) is 20.4. The number of aliphatic hydroxyl groups is 2. The van der Waals surface area contributed by atoms with E-state index in [1.807, 2.05) is 19.1 Å². The molecular weight excluding hydrogens is 374 g/mol. The number of rotatable bonds is 10. The molecule has 0 saturated carbocycles. The molecule has 1 aliphatic heterocycles. The van der Waals surface area contributed by atoms with Gasteiger partial charge < -0.3 is 20.3 Å². The molecule has 1 fully saturated rings. The first-order valence-electron chi connectivity index (χ1n) is 10.3. The number of nitrogens with one attached hydrogen (secondary N) is 1. The van der Waals surface area contributed by atoms with E-state index in [1.165, 1.54) is 11.3 Å². The number of aryl methyl sites for hydroxylation is 1. The Morgan fingerprint density at radius 1 is 1.36 bits per heavy atom. The Labute approximate surface area is 174 Å². The van der Waals surface area contributed by atoms with Gasteiger partial charge in [-0.15, -0.1) is 0 Å². The minimum Gasteiger partial charge on any atom is -0.394 e. The summed E-state index contributed by atoms with van der Waals surface area (Å²) in [4.78, 5) is 0. The van der Waals surface area contributed by atoms with Gasteiger partial charge in [-0.05, 0) is 49.8 Å². The minimum atomic E-state index is -0.423. The van der Waals surface area contributed by atoms with Crippen molar-refractivity contribution in [1.29, 1.82) is 0 Å². The van der Waals surface area contributed by atoms with Crippen LogP contribution in [-0.2, 0) is 11.2 Å². The molecule has 0 bridgehead atoms. The second-order valence-corrected chi connectivity index (χ2v) is 7.71. The molecule has 0 radical (unpaired) electrons. The number of allylic oxidation sites excluding steroid dienone is 3. The van der Waals surface area contributed by atoms with E-state index in [2.05, 4.69) is 30.5 Å². The highest BCUT2D eigenvalue weighted by molar-refractivity contribution is 6.31. The fraction of sp³-hybridized carbons (Fsp3) is 0.565. The van der Waals surface area contributed by atoms with Crippen molar-refractivity contribution >= 4 is 11.6 Å². The lowest BCUT2D eigenvalue weighted by Gasteiger charge is -2.22. The van der Waals surface area contributed by atoms with Gasteiger partial charge in [0.15, 0.2) is 0 Å². The highest BCUT2D eigenvalue weighted by atomic mass is 35.5. The molecule has 1 saturated heterocycles. The van der Waals surface area contributed by atoms with Gasteiger partial charge in [-0.1, -0.05) is 48.4 Å². The van der Waals surface area contributed by atoms with Gasteiger partial charge >= 0.3 is 0 Å². The molecule has 2 atom stereocenters. The topological polar surface area (TPSA) is 61.7 Å². The normalized spacial score (nSPS) is 19.6. The van der Waals surface area contributed by atoms with E-state index in [0.717, 1.165) is 48.4 Å². The van der Waals surface area contributed by atoms with Gasteiger partial charge in [0.1, 0.15) is 0 Å². The Morgan fingerprint density at radius 2 is 2.18 bits per heavy atom. The molecular formula is C23H34ClNO3. The van der Waals surface area contributed by atoms with Crippen LogP contribution in [0, 0.1) is 0 Å². The number of benzene rings is 1. The summed E-state index contributed by atoms with van der Waals surface area (Å²) < 4.78 is 5.79. The summed E-state index contributed by atoms with van der Waals surface area (Å²) in [6.07, 6.45) is 8.95. The second kappa shape index (κ2) is 12.3. The summed E-state index contributed by atoms with van der Waals surface area (Å²) in [6, 6.07) is 5.96. The highest BCUT2D eigenvalue weighted by Crippen LogP contribution is 2.29. The van der Waals surface area contributed by atoms with Crippen LogP contribution in [0.1, 0.15) is 63.2 Å². The number of piperidine rings is 1. The molecule has 3 N–H and O–H groups in total. The fourth-order valence-electron chi connectivity index (χ4n) is 3.48. The van der Waals surface area contributed by atoms with Gasteiger partial charge in [-0.3, -0.25) is 0 Å². The number of aliphatic hydroxyl groups excluding tert-OH is 2. The zero-order valence-corrected chi connectivity index (χ0v) is 17.8. The molecule has 1 aromatic carbocycles. The summed E-state index contributed by atoms with van der Waals surface area (Å²) in [5, 5.41) is 23.3. The van der Waals surface area contributed by atoms with Crippen molar-refractivity contribution in [2.45, 2.75) is 64.6 Å². The molecule has 1 aliphatic rings. The van der Waals surface area contributed by atoms with Crippen molar-refractivity contribution in [2.75, 3.05) is 19.8 Å². The number of hydrogen-bond acceptors (Lipinski definition) is 4. The van der Waals surface area contributed by atoms with E-state index >= 15 is 0 Å². The van der Waals surface area contributed by atoms with Crippen LogP contribution in [-0.4, -0.2) is 36.1 Å². The van der Waals surface area contributed by atoms with E-state index in [9.17, 15) is 5.11 Å². The molecule has 0 spiro atoms. The highest BCUT2D eigenvalue weighted by Gasteiger charge is 2.17. The smallest absolute Gasteiger partial charge is 0.0850 e. The Hall–Kier alpha value is -1.33. The quantitative estimate of drug-likeness (QED) is 0.492. The summed E-state index contributed by atoms with van der Waals surface area (Å²) in [5.41, 5.74) is 4.89. The van der Waals surface area contributed by atoms with Crippen molar-refractivity contribution in [1.82, 2.24) is 5.32 Å². The monoisotopic (exact) mass is 407 g/mol. The van der Waals surface area contributed by atoms with Crippen LogP contribution in [0.5, 0.6) is 0 Å². The Bertz CT molecular complexity index is 672. The van der Waals surface area contributed by atoms with E-state index in [1.54, 1.807) is 0 Å². The fourth-order valence-corrected chi connectivity index (χ4v) is 3.70. The average molecular weight is 408 g/mol. The molecule has 0 aliphatic carbocycles.